The third-order valence-corrected chi connectivity index (χ3v) is 5.22. The summed E-state index contributed by atoms with van der Waals surface area (Å²) in [5.41, 5.74) is 0. The average molecular weight is 481 g/mol. The highest BCUT2D eigenvalue weighted by atomic mass is 16.5. The van der Waals surface area contributed by atoms with Gasteiger partial charge in [0.05, 0.1) is 19.8 Å². The number of unbranched alkanes of at least 4 members (excludes halogenated alkanes) is 12. The lowest BCUT2D eigenvalue weighted by Crippen LogP contribution is -2.23. The minimum absolute atomic E-state index is 0.0431. The highest BCUT2D eigenvalue weighted by Crippen LogP contribution is 2.10. The molecule has 0 bridgehead atoms. The second kappa shape index (κ2) is 25.7. The summed E-state index contributed by atoms with van der Waals surface area (Å²) in [5.74, 6) is -1.28. The predicted molar refractivity (Wildman–Crippen MR) is 138 cm³/mol. The van der Waals surface area contributed by atoms with Crippen LogP contribution in [0.4, 0.5) is 0 Å². The van der Waals surface area contributed by atoms with Crippen molar-refractivity contribution in [3.05, 3.63) is 37.0 Å². The maximum absolute atomic E-state index is 11.6. The molecule has 0 aromatic carbocycles. The maximum atomic E-state index is 11.6. The number of hydrogen-bond donors (Lipinski definition) is 1. The van der Waals surface area contributed by atoms with E-state index in [1.165, 1.54) is 70.6 Å². The molecule has 0 amide bonds. The zero-order chi connectivity index (χ0) is 25.1. The Morgan fingerprint density at radius 1 is 0.765 bits per heavy atom. The van der Waals surface area contributed by atoms with Gasteiger partial charge in [-0.1, -0.05) is 82.9 Å². The van der Waals surface area contributed by atoms with Crippen LogP contribution in [0.25, 0.3) is 0 Å². The van der Waals surface area contributed by atoms with E-state index in [0.29, 0.717) is 13.2 Å². The zero-order valence-electron chi connectivity index (χ0n) is 21.4. The Kier molecular flexibility index (Phi) is 24.2. The van der Waals surface area contributed by atoms with Crippen molar-refractivity contribution >= 4 is 11.9 Å². The van der Waals surface area contributed by atoms with Gasteiger partial charge in [-0.3, -0.25) is 0 Å². The Hall–Kier alpha value is -1.92. The molecule has 0 fully saturated rings. The third kappa shape index (κ3) is 24.7. The van der Waals surface area contributed by atoms with Gasteiger partial charge >= 0.3 is 11.9 Å². The van der Waals surface area contributed by atoms with E-state index in [9.17, 15) is 14.7 Å². The highest BCUT2D eigenvalue weighted by Gasteiger charge is 2.07. The summed E-state index contributed by atoms with van der Waals surface area (Å²) >= 11 is 0. The molecule has 0 aliphatic heterocycles. The van der Waals surface area contributed by atoms with Gasteiger partial charge < -0.3 is 19.3 Å². The van der Waals surface area contributed by atoms with E-state index in [4.69, 9.17) is 14.2 Å². The number of carbonyl (C=O) groups is 2. The largest absolute Gasteiger partial charge is 0.463 e. The molecule has 0 aromatic rings. The molecule has 0 saturated carbocycles. The van der Waals surface area contributed by atoms with Crippen LogP contribution >= 0.6 is 0 Å². The maximum Gasteiger partial charge on any atom is 0.331 e. The van der Waals surface area contributed by atoms with Gasteiger partial charge in [0.2, 0.25) is 0 Å². The number of aliphatic hydroxyl groups excluding tert-OH is 1. The summed E-state index contributed by atoms with van der Waals surface area (Å²) in [5, 5.41) is 9.56. The van der Waals surface area contributed by atoms with E-state index in [0.717, 1.165) is 31.4 Å². The molecule has 0 radical (unpaired) electrons. The van der Waals surface area contributed by atoms with Crippen molar-refractivity contribution in [2.24, 2.45) is 0 Å². The Bertz CT molecular complexity index is 555. The third-order valence-electron chi connectivity index (χ3n) is 5.22. The number of carbonyl (C=O) groups excluding carboxylic acids is 2. The Labute approximate surface area is 207 Å². The van der Waals surface area contributed by atoms with E-state index in [1.807, 2.05) is 0 Å². The van der Waals surface area contributed by atoms with Gasteiger partial charge in [0, 0.05) is 12.2 Å². The van der Waals surface area contributed by atoms with E-state index < -0.39 is 18.0 Å². The van der Waals surface area contributed by atoms with Crippen molar-refractivity contribution in [3.63, 3.8) is 0 Å². The first-order chi connectivity index (χ1) is 16.6. The van der Waals surface area contributed by atoms with Gasteiger partial charge in [0.25, 0.3) is 0 Å². The Morgan fingerprint density at radius 2 is 1.29 bits per heavy atom. The highest BCUT2D eigenvalue weighted by molar-refractivity contribution is 5.91. The number of esters is 2. The lowest BCUT2D eigenvalue weighted by atomic mass is 10.1. The number of allylic oxidation sites excluding steroid dienone is 2. The van der Waals surface area contributed by atoms with Crippen molar-refractivity contribution < 1.29 is 28.9 Å². The van der Waals surface area contributed by atoms with Gasteiger partial charge in [-0.25, -0.2) is 9.59 Å². The van der Waals surface area contributed by atoms with Gasteiger partial charge in [0.1, 0.15) is 12.7 Å². The molecular weight excluding hydrogens is 432 g/mol. The first kappa shape index (κ1) is 32.1. The van der Waals surface area contributed by atoms with Gasteiger partial charge in [-0.15, -0.1) is 6.58 Å². The fraction of sp³-hybridized carbons (Fsp3) is 0.714. The van der Waals surface area contributed by atoms with Crippen LogP contribution in [0.1, 0.15) is 96.8 Å². The quantitative estimate of drug-likeness (QED) is 0.0763. The van der Waals surface area contributed by atoms with E-state index in [-0.39, 0.29) is 13.2 Å². The second-order valence-corrected chi connectivity index (χ2v) is 8.55. The van der Waals surface area contributed by atoms with Crippen LogP contribution in [0.5, 0.6) is 0 Å². The molecule has 0 aromatic heterocycles. The molecule has 34 heavy (non-hydrogen) atoms. The summed E-state index contributed by atoms with van der Waals surface area (Å²) in [4.78, 5) is 23.1. The van der Waals surface area contributed by atoms with Crippen molar-refractivity contribution in [2.75, 3.05) is 26.4 Å². The molecule has 6 nitrogen and oxygen atoms in total. The van der Waals surface area contributed by atoms with Crippen LogP contribution < -0.4 is 0 Å². The molecule has 1 atom stereocenters. The lowest BCUT2D eigenvalue weighted by molar-refractivity contribution is -0.143. The predicted octanol–water partition coefficient (Wildman–Crippen LogP) is 6.23. The molecule has 0 aliphatic rings. The molecule has 0 saturated heterocycles. The summed E-state index contributed by atoms with van der Waals surface area (Å²) in [6.07, 6.45) is 24.5. The van der Waals surface area contributed by atoms with E-state index in [1.54, 1.807) is 6.08 Å². The zero-order valence-corrected chi connectivity index (χ0v) is 21.4. The topological polar surface area (TPSA) is 82.1 Å². The van der Waals surface area contributed by atoms with Crippen molar-refractivity contribution in [1.29, 1.82) is 0 Å². The Balaban J connectivity index is 3.47. The number of rotatable bonds is 24. The van der Waals surface area contributed by atoms with E-state index in [2.05, 4.69) is 25.7 Å². The Morgan fingerprint density at radius 3 is 1.88 bits per heavy atom. The first-order valence-corrected chi connectivity index (χ1v) is 13.1. The summed E-state index contributed by atoms with van der Waals surface area (Å²) in [6.45, 7) is 6.24. The van der Waals surface area contributed by atoms with Gasteiger partial charge in [-0.2, -0.15) is 0 Å². The number of hydrogen-bond acceptors (Lipinski definition) is 6. The van der Waals surface area contributed by atoms with Crippen molar-refractivity contribution in [3.8, 4) is 0 Å². The standard InChI is InChI=1S/C28H48O6/c1-3-5-6-7-8-9-10-11-12-13-14-15-16-17-18-19-23-33-27(30)20-21-28(31)34-25-26(29)24-32-22-4-2/h4,11-12,20-21,26,29H,2-3,5-10,13-19,22-25H2,1H3/b12-11-,21-20-. The fourth-order valence-electron chi connectivity index (χ4n) is 3.27. The van der Waals surface area contributed by atoms with Crippen LogP contribution in [0, 0.1) is 0 Å². The molecular formula is C28H48O6. The van der Waals surface area contributed by atoms with Crippen LogP contribution in [-0.2, 0) is 23.8 Å². The summed E-state index contributed by atoms with van der Waals surface area (Å²) in [7, 11) is 0. The van der Waals surface area contributed by atoms with Crippen LogP contribution in [0.2, 0.25) is 0 Å². The van der Waals surface area contributed by atoms with Crippen LogP contribution in [0.3, 0.4) is 0 Å². The molecule has 0 spiro atoms. The monoisotopic (exact) mass is 480 g/mol. The number of ether oxygens (including phenoxy) is 3. The molecule has 0 heterocycles. The molecule has 1 N–H and O–H groups in total. The molecule has 1 unspecified atom stereocenters. The summed E-state index contributed by atoms with van der Waals surface area (Å²) in [6, 6.07) is 0. The number of aliphatic hydroxyl groups is 1. The minimum Gasteiger partial charge on any atom is -0.463 e. The fourth-order valence-corrected chi connectivity index (χ4v) is 3.27. The summed E-state index contributed by atoms with van der Waals surface area (Å²) < 4.78 is 15.0. The molecule has 0 aliphatic carbocycles. The normalized spacial score (nSPS) is 12.3. The SMILES string of the molecule is C=CCOCC(O)COC(=O)/C=C\C(=O)OCCCCCCCC/C=C\CCCCCCCC. The van der Waals surface area contributed by atoms with Crippen molar-refractivity contribution in [2.45, 2.75) is 103 Å². The smallest absolute Gasteiger partial charge is 0.331 e. The van der Waals surface area contributed by atoms with Crippen LogP contribution in [0.15, 0.2) is 37.0 Å². The minimum atomic E-state index is -0.921. The first-order valence-electron chi connectivity index (χ1n) is 13.1. The molecule has 6 heteroatoms. The van der Waals surface area contributed by atoms with Gasteiger partial charge in [0.15, 0.2) is 0 Å². The van der Waals surface area contributed by atoms with E-state index >= 15 is 0 Å². The van der Waals surface area contributed by atoms with Crippen molar-refractivity contribution in [1.82, 2.24) is 0 Å². The van der Waals surface area contributed by atoms with Gasteiger partial charge in [-0.05, 0) is 32.1 Å². The average Bonchev–Trinajstić information content (AvgIpc) is 2.83. The van der Waals surface area contributed by atoms with Crippen LogP contribution in [-0.4, -0.2) is 49.6 Å². The molecule has 196 valence electrons. The lowest BCUT2D eigenvalue weighted by Gasteiger charge is -2.09. The molecule has 0 rings (SSSR count). The second-order valence-electron chi connectivity index (χ2n) is 8.55.